The molecule has 0 aliphatic rings. The van der Waals surface area contributed by atoms with Gasteiger partial charge in [0, 0.05) is 24.3 Å². The van der Waals surface area contributed by atoms with E-state index >= 15 is 0 Å². The van der Waals surface area contributed by atoms with Crippen LogP contribution < -0.4 is 15.4 Å². The summed E-state index contributed by atoms with van der Waals surface area (Å²) < 4.78 is 5.64. The van der Waals surface area contributed by atoms with E-state index in [0.29, 0.717) is 24.5 Å². The van der Waals surface area contributed by atoms with Crippen LogP contribution in [-0.2, 0) is 6.61 Å². The van der Waals surface area contributed by atoms with Crippen molar-refractivity contribution in [3.63, 3.8) is 0 Å². The van der Waals surface area contributed by atoms with Crippen LogP contribution >= 0.6 is 0 Å². The molecule has 0 spiro atoms. The zero-order valence-electron chi connectivity index (χ0n) is 12.9. The molecule has 0 radical (unpaired) electrons. The SMILES string of the molecule is CNC(C)CNC(=O)c1ccc(OCc2ccccn2)cc1. The Morgan fingerprint density at radius 2 is 2.00 bits per heavy atom. The van der Waals surface area contributed by atoms with Crippen molar-refractivity contribution < 1.29 is 9.53 Å². The molecule has 116 valence electrons. The molecule has 0 saturated heterocycles. The summed E-state index contributed by atoms with van der Waals surface area (Å²) in [5.41, 5.74) is 1.49. The summed E-state index contributed by atoms with van der Waals surface area (Å²) in [6, 6.07) is 13.0. The maximum Gasteiger partial charge on any atom is 0.251 e. The van der Waals surface area contributed by atoms with Crippen LogP contribution in [0, 0.1) is 0 Å². The average Bonchev–Trinajstić information content (AvgIpc) is 2.59. The Hall–Kier alpha value is -2.40. The molecule has 0 fully saturated rings. The van der Waals surface area contributed by atoms with Gasteiger partial charge < -0.3 is 15.4 Å². The maximum atomic E-state index is 12.0. The summed E-state index contributed by atoms with van der Waals surface area (Å²) >= 11 is 0. The smallest absolute Gasteiger partial charge is 0.251 e. The van der Waals surface area contributed by atoms with Crippen LogP contribution in [0.4, 0.5) is 0 Å². The first-order valence-electron chi connectivity index (χ1n) is 7.27. The van der Waals surface area contributed by atoms with Gasteiger partial charge in [0.15, 0.2) is 0 Å². The molecule has 0 aliphatic heterocycles. The van der Waals surface area contributed by atoms with Crippen LogP contribution in [0.1, 0.15) is 23.0 Å². The minimum Gasteiger partial charge on any atom is -0.487 e. The van der Waals surface area contributed by atoms with Crippen molar-refractivity contribution >= 4 is 5.91 Å². The van der Waals surface area contributed by atoms with E-state index in [4.69, 9.17) is 4.74 Å². The molecule has 1 amide bonds. The molecule has 5 heteroatoms. The van der Waals surface area contributed by atoms with Gasteiger partial charge in [0.1, 0.15) is 12.4 Å². The van der Waals surface area contributed by atoms with E-state index in [2.05, 4.69) is 15.6 Å². The Labute approximate surface area is 130 Å². The van der Waals surface area contributed by atoms with Gasteiger partial charge in [-0.05, 0) is 50.4 Å². The minimum absolute atomic E-state index is 0.0848. The second kappa shape index (κ2) is 8.14. The molecule has 2 aromatic rings. The molecule has 1 aromatic carbocycles. The van der Waals surface area contributed by atoms with Crippen LogP contribution in [0.25, 0.3) is 0 Å². The van der Waals surface area contributed by atoms with E-state index in [9.17, 15) is 4.79 Å². The predicted molar refractivity (Wildman–Crippen MR) is 85.9 cm³/mol. The van der Waals surface area contributed by atoms with Crippen LogP contribution in [0.15, 0.2) is 48.7 Å². The molecule has 1 unspecified atom stereocenters. The molecule has 1 atom stereocenters. The third-order valence-corrected chi connectivity index (χ3v) is 3.29. The van der Waals surface area contributed by atoms with Crippen molar-refractivity contribution in [3.8, 4) is 5.75 Å². The highest BCUT2D eigenvalue weighted by Crippen LogP contribution is 2.13. The van der Waals surface area contributed by atoms with E-state index in [0.717, 1.165) is 5.69 Å². The lowest BCUT2D eigenvalue weighted by molar-refractivity contribution is 0.0950. The van der Waals surface area contributed by atoms with Crippen molar-refractivity contribution in [1.29, 1.82) is 0 Å². The Balaban J connectivity index is 1.86. The average molecular weight is 299 g/mol. The molecular weight excluding hydrogens is 278 g/mol. The van der Waals surface area contributed by atoms with Gasteiger partial charge in [0.05, 0.1) is 5.69 Å². The molecule has 1 heterocycles. The number of pyridine rings is 1. The number of benzene rings is 1. The largest absolute Gasteiger partial charge is 0.487 e. The highest BCUT2D eigenvalue weighted by molar-refractivity contribution is 5.94. The lowest BCUT2D eigenvalue weighted by atomic mass is 10.2. The Morgan fingerprint density at radius 3 is 2.64 bits per heavy atom. The number of likely N-dealkylation sites (N-methyl/N-ethyl adjacent to an activating group) is 1. The summed E-state index contributed by atoms with van der Waals surface area (Å²) in [7, 11) is 1.87. The number of carbonyl (C=O) groups is 1. The zero-order valence-corrected chi connectivity index (χ0v) is 12.9. The Morgan fingerprint density at radius 1 is 1.23 bits per heavy atom. The monoisotopic (exact) mass is 299 g/mol. The second-order valence-electron chi connectivity index (χ2n) is 5.03. The molecular formula is C17H21N3O2. The van der Waals surface area contributed by atoms with Gasteiger partial charge >= 0.3 is 0 Å². The van der Waals surface area contributed by atoms with E-state index in [1.165, 1.54) is 0 Å². The molecule has 2 rings (SSSR count). The van der Waals surface area contributed by atoms with Gasteiger partial charge in [-0.2, -0.15) is 0 Å². The first-order valence-corrected chi connectivity index (χ1v) is 7.27. The van der Waals surface area contributed by atoms with Crippen molar-refractivity contribution in [2.24, 2.45) is 0 Å². The number of rotatable bonds is 7. The van der Waals surface area contributed by atoms with Crippen molar-refractivity contribution in [2.75, 3.05) is 13.6 Å². The Bertz CT molecular complexity index is 585. The number of nitrogens with one attached hydrogen (secondary N) is 2. The van der Waals surface area contributed by atoms with E-state index < -0.39 is 0 Å². The first-order chi connectivity index (χ1) is 10.7. The molecule has 0 bridgehead atoms. The van der Waals surface area contributed by atoms with Crippen molar-refractivity contribution in [1.82, 2.24) is 15.6 Å². The van der Waals surface area contributed by atoms with Crippen molar-refractivity contribution in [2.45, 2.75) is 19.6 Å². The number of ether oxygens (including phenoxy) is 1. The summed E-state index contributed by atoms with van der Waals surface area (Å²) in [5.74, 6) is 0.629. The topological polar surface area (TPSA) is 63.2 Å². The summed E-state index contributed by atoms with van der Waals surface area (Å²) in [5, 5.41) is 5.95. The fourth-order valence-corrected chi connectivity index (χ4v) is 1.79. The maximum absolute atomic E-state index is 12.0. The predicted octanol–water partition coefficient (Wildman–Crippen LogP) is 2.00. The fraction of sp³-hybridized carbons (Fsp3) is 0.294. The third kappa shape index (κ3) is 4.86. The highest BCUT2D eigenvalue weighted by atomic mass is 16.5. The van der Waals surface area contributed by atoms with Crippen LogP contribution in [0.2, 0.25) is 0 Å². The summed E-state index contributed by atoms with van der Waals surface area (Å²) in [6.45, 7) is 3.01. The number of carbonyl (C=O) groups excluding carboxylic acids is 1. The molecule has 22 heavy (non-hydrogen) atoms. The number of hydrogen-bond donors (Lipinski definition) is 2. The quantitative estimate of drug-likeness (QED) is 0.821. The van der Waals surface area contributed by atoms with Crippen LogP contribution in [-0.4, -0.2) is 30.5 Å². The normalized spacial score (nSPS) is 11.7. The zero-order chi connectivity index (χ0) is 15.8. The van der Waals surface area contributed by atoms with E-state index in [-0.39, 0.29) is 11.9 Å². The molecule has 5 nitrogen and oxygen atoms in total. The molecule has 1 aromatic heterocycles. The van der Waals surface area contributed by atoms with Crippen LogP contribution in [0.5, 0.6) is 5.75 Å². The number of hydrogen-bond acceptors (Lipinski definition) is 4. The molecule has 0 aliphatic carbocycles. The Kier molecular flexibility index (Phi) is 5.91. The number of amides is 1. The first kappa shape index (κ1) is 16.0. The van der Waals surface area contributed by atoms with Gasteiger partial charge in [-0.15, -0.1) is 0 Å². The van der Waals surface area contributed by atoms with Crippen molar-refractivity contribution in [3.05, 3.63) is 59.9 Å². The lowest BCUT2D eigenvalue weighted by Gasteiger charge is -2.11. The summed E-state index contributed by atoms with van der Waals surface area (Å²) in [4.78, 5) is 16.2. The molecule has 2 N–H and O–H groups in total. The van der Waals surface area contributed by atoms with Gasteiger partial charge in [0.2, 0.25) is 0 Å². The number of aromatic nitrogens is 1. The minimum atomic E-state index is -0.0848. The van der Waals surface area contributed by atoms with Gasteiger partial charge in [-0.25, -0.2) is 0 Å². The van der Waals surface area contributed by atoms with Gasteiger partial charge in [0.25, 0.3) is 5.91 Å². The molecule has 0 saturated carbocycles. The van der Waals surface area contributed by atoms with E-state index in [1.807, 2.05) is 32.2 Å². The van der Waals surface area contributed by atoms with Gasteiger partial charge in [-0.1, -0.05) is 6.07 Å². The number of nitrogens with zero attached hydrogens (tertiary/aromatic N) is 1. The second-order valence-corrected chi connectivity index (χ2v) is 5.03. The van der Waals surface area contributed by atoms with Gasteiger partial charge in [-0.3, -0.25) is 9.78 Å². The fourth-order valence-electron chi connectivity index (χ4n) is 1.79. The third-order valence-electron chi connectivity index (χ3n) is 3.29. The standard InChI is InChI=1S/C17H21N3O2/c1-13(18-2)11-20-17(21)14-6-8-16(9-7-14)22-12-15-5-3-4-10-19-15/h3-10,13,18H,11-12H2,1-2H3,(H,20,21). The lowest BCUT2D eigenvalue weighted by Crippen LogP contribution is -2.37. The van der Waals surface area contributed by atoms with Crippen LogP contribution in [0.3, 0.4) is 0 Å². The summed E-state index contributed by atoms with van der Waals surface area (Å²) in [6.07, 6.45) is 1.73. The van der Waals surface area contributed by atoms with E-state index in [1.54, 1.807) is 30.5 Å². The highest BCUT2D eigenvalue weighted by Gasteiger charge is 2.07.